The van der Waals surface area contributed by atoms with Crippen LogP contribution >= 0.6 is 23.1 Å². The minimum atomic E-state index is -4.57. The van der Waals surface area contributed by atoms with Crippen molar-refractivity contribution in [1.82, 2.24) is 0 Å². The van der Waals surface area contributed by atoms with Crippen LogP contribution in [0.5, 0.6) is 0 Å². The van der Waals surface area contributed by atoms with Crippen molar-refractivity contribution in [2.24, 2.45) is 10.9 Å². The van der Waals surface area contributed by atoms with Crippen molar-refractivity contribution < 1.29 is 18.4 Å². The second-order valence-corrected chi connectivity index (χ2v) is 6.05. The van der Waals surface area contributed by atoms with Gasteiger partial charge in [-0.05, 0) is 29.6 Å². The molecule has 0 amide bonds. The van der Waals surface area contributed by atoms with E-state index in [0.29, 0.717) is 4.90 Å². The average Bonchev–Trinajstić information content (AvgIpc) is 2.89. The summed E-state index contributed by atoms with van der Waals surface area (Å²) in [7, 11) is 0. The van der Waals surface area contributed by atoms with Crippen LogP contribution in [0.15, 0.2) is 50.0 Å². The first kappa shape index (κ1) is 14.7. The Kier molecular flexibility index (Phi) is 4.24. The number of nitrogens with zero attached hydrogens (tertiary/aromatic N) is 1. The molecule has 3 nitrogen and oxygen atoms in total. The smallest absolute Gasteiger partial charge is 0.409 e. The van der Waals surface area contributed by atoms with Gasteiger partial charge in [-0.25, -0.2) is 0 Å². The van der Waals surface area contributed by atoms with E-state index in [1.165, 1.54) is 35.2 Å². The summed E-state index contributed by atoms with van der Waals surface area (Å²) in [6, 6.07) is 7.35. The van der Waals surface area contributed by atoms with Gasteiger partial charge in [0, 0.05) is 10.5 Å². The molecule has 2 rings (SSSR count). The Balaban J connectivity index is 2.43. The minimum absolute atomic E-state index is 0.337. The molecule has 1 heterocycles. The fourth-order valence-electron chi connectivity index (χ4n) is 1.54. The van der Waals surface area contributed by atoms with Gasteiger partial charge in [-0.1, -0.05) is 23.0 Å². The van der Waals surface area contributed by atoms with Gasteiger partial charge in [0.25, 0.3) is 0 Å². The fourth-order valence-corrected chi connectivity index (χ4v) is 3.32. The Morgan fingerprint density at radius 1 is 1.30 bits per heavy atom. The lowest BCUT2D eigenvalue weighted by molar-refractivity contribution is -0.137. The molecule has 0 unspecified atom stereocenters. The van der Waals surface area contributed by atoms with Crippen molar-refractivity contribution in [3.8, 4) is 0 Å². The molecular formula is C12H9F3N2OS2. The van der Waals surface area contributed by atoms with Crippen molar-refractivity contribution in [2.45, 2.75) is 15.3 Å². The molecule has 8 heteroatoms. The topological polar surface area (TPSA) is 58.6 Å². The first-order chi connectivity index (χ1) is 9.41. The van der Waals surface area contributed by atoms with Gasteiger partial charge in [-0.15, -0.1) is 11.3 Å². The number of nitrogens with two attached hydrogens (primary N) is 1. The molecule has 0 aliphatic heterocycles. The molecular weight excluding hydrogens is 309 g/mol. The van der Waals surface area contributed by atoms with Crippen LogP contribution in [0.1, 0.15) is 11.1 Å². The third-order valence-electron chi connectivity index (χ3n) is 2.39. The quantitative estimate of drug-likeness (QED) is 0.389. The molecule has 20 heavy (non-hydrogen) atoms. The highest BCUT2D eigenvalue weighted by molar-refractivity contribution is 8.01. The average molecular weight is 318 g/mol. The summed E-state index contributed by atoms with van der Waals surface area (Å²) in [5.74, 6) is -0.565. The lowest BCUT2D eigenvalue weighted by atomic mass is 10.1. The Labute approximate surface area is 120 Å². The molecule has 0 radical (unpaired) electrons. The van der Waals surface area contributed by atoms with Crippen LogP contribution in [0.3, 0.4) is 0 Å². The standard InChI is InChI=1S/C12H9F3N2OS2/c13-12(14,15)9-6-7(20-10-2-1-5-19-10)3-4-8(9)11(16)17-18/h1-6,18H,(H2,16,17). The van der Waals surface area contributed by atoms with Crippen LogP contribution in [0, 0.1) is 0 Å². The van der Waals surface area contributed by atoms with Crippen LogP contribution in [0.4, 0.5) is 13.2 Å². The zero-order valence-electron chi connectivity index (χ0n) is 9.89. The zero-order chi connectivity index (χ0) is 14.8. The van der Waals surface area contributed by atoms with E-state index < -0.39 is 17.6 Å². The molecule has 0 atom stereocenters. The molecule has 0 aliphatic carbocycles. The van der Waals surface area contributed by atoms with E-state index in [1.807, 2.05) is 17.5 Å². The Bertz CT molecular complexity index is 624. The summed E-state index contributed by atoms with van der Waals surface area (Å²) >= 11 is 2.67. The Morgan fingerprint density at radius 3 is 2.60 bits per heavy atom. The Morgan fingerprint density at radius 2 is 2.05 bits per heavy atom. The molecule has 0 saturated heterocycles. The van der Waals surface area contributed by atoms with E-state index >= 15 is 0 Å². The van der Waals surface area contributed by atoms with Crippen LogP contribution in [-0.4, -0.2) is 11.0 Å². The monoisotopic (exact) mass is 318 g/mol. The number of amidine groups is 1. The largest absolute Gasteiger partial charge is 0.417 e. The summed E-state index contributed by atoms with van der Waals surface area (Å²) < 4.78 is 39.9. The summed E-state index contributed by atoms with van der Waals surface area (Å²) in [6.07, 6.45) is -4.57. The Hall–Kier alpha value is -1.67. The number of thiophene rings is 1. The third kappa shape index (κ3) is 3.26. The molecule has 106 valence electrons. The highest BCUT2D eigenvalue weighted by Gasteiger charge is 2.34. The highest BCUT2D eigenvalue weighted by atomic mass is 32.2. The van der Waals surface area contributed by atoms with Gasteiger partial charge >= 0.3 is 6.18 Å². The lowest BCUT2D eigenvalue weighted by Gasteiger charge is -2.13. The molecule has 0 fully saturated rings. The van der Waals surface area contributed by atoms with Gasteiger partial charge < -0.3 is 10.9 Å². The molecule has 0 spiro atoms. The highest BCUT2D eigenvalue weighted by Crippen LogP contribution is 2.37. The van der Waals surface area contributed by atoms with E-state index in [1.54, 1.807) is 0 Å². The van der Waals surface area contributed by atoms with E-state index in [0.717, 1.165) is 10.3 Å². The van der Waals surface area contributed by atoms with E-state index in [4.69, 9.17) is 10.9 Å². The second kappa shape index (κ2) is 5.76. The molecule has 0 saturated carbocycles. The summed E-state index contributed by atoms with van der Waals surface area (Å²) in [4.78, 5) is 0.439. The summed E-state index contributed by atoms with van der Waals surface area (Å²) in [5.41, 5.74) is 4.01. The SMILES string of the molecule is N/C(=N\O)c1ccc(Sc2cccs2)cc1C(F)(F)F. The molecule has 0 bridgehead atoms. The maximum atomic E-state index is 13.0. The fraction of sp³-hybridized carbons (Fsp3) is 0.0833. The van der Waals surface area contributed by atoms with Crippen molar-refractivity contribution >= 4 is 28.9 Å². The normalized spacial score (nSPS) is 12.7. The predicted molar refractivity (Wildman–Crippen MR) is 72.4 cm³/mol. The van der Waals surface area contributed by atoms with E-state index in [2.05, 4.69) is 5.16 Å². The molecule has 1 aromatic heterocycles. The van der Waals surface area contributed by atoms with Gasteiger partial charge in [-0.2, -0.15) is 13.2 Å². The maximum absolute atomic E-state index is 13.0. The van der Waals surface area contributed by atoms with E-state index in [-0.39, 0.29) is 5.56 Å². The van der Waals surface area contributed by atoms with Crippen molar-refractivity contribution in [2.75, 3.05) is 0 Å². The molecule has 0 aliphatic rings. The maximum Gasteiger partial charge on any atom is 0.417 e. The number of hydrogen-bond acceptors (Lipinski definition) is 4. The van der Waals surface area contributed by atoms with Crippen LogP contribution in [0.2, 0.25) is 0 Å². The first-order valence-electron chi connectivity index (χ1n) is 5.32. The summed E-state index contributed by atoms with van der Waals surface area (Å²) in [6.45, 7) is 0. The lowest BCUT2D eigenvalue weighted by Crippen LogP contribution is -2.20. The van der Waals surface area contributed by atoms with Gasteiger partial charge in [0.15, 0.2) is 5.84 Å². The van der Waals surface area contributed by atoms with Gasteiger partial charge in [0.1, 0.15) is 0 Å². The van der Waals surface area contributed by atoms with Crippen molar-refractivity contribution in [3.05, 3.63) is 46.8 Å². The molecule has 2 aromatic rings. The van der Waals surface area contributed by atoms with Gasteiger partial charge in [0.2, 0.25) is 0 Å². The van der Waals surface area contributed by atoms with Crippen LogP contribution < -0.4 is 5.73 Å². The van der Waals surface area contributed by atoms with E-state index in [9.17, 15) is 13.2 Å². The number of alkyl halides is 3. The second-order valence-electron chi connectivity index (χ2n) is 3.72. The summed E-state index contributed by atoms with van der Waals surface area (Å²) in [5, 5.41) is 13.0. The number of halogens is 3. The third-order valence-corrected chi connectivity index (χ3v) is 4.42. The van der Waals surface area contributed by atoms with Gasteiger partial charge in [-0.3, -0.25) is 0 Å². The van der Waals surface area contributed by atoms with Crippen LogP contribution in [0.25, 0.3) is 0 Å². The molecule has 1 aromatic carbocycles. The number of benzene rings is 1. The first-order valence-corrected chi connectivity index (χ1v) is 7.02. The number of rotatable bonds is 3. The van der Waals surface area contributed by atoms with Crippen molar-refractivity contribution in [1.29, 1.82) is 0 Å². The zero-order valence-corrected chi connectivity index (χ0v) is 11.5. The van der Waals surface area contributed by atoms with Crippen LogP contribution in [-0.2, 0) is 6.18 Å². The number of hydrogen-bond donors (Lipinski definition) is 2. The van der Waals surface area contributed by atoms with Gasteiger partial charge in [0.05, 0.1) is 9.77 Å². The number of oxime groups is 1. The molecule has 3 N–H and O–H groups in total. The predicted octanol–water partition coefficient (Wildman–Crippen LogP) is 4.01. The van der Waals surface area contributed by atoms with Crippen molar-refractivity contribution in [3.63, 3.8) is 0 Å². The minimum Gasteiger partial charge on any atom is -0.409 e.